The Morgan fingerprint density at radius 2 is 2.31 bits per heavy atom. The first-order valence-corrected chi connectivity index (χ1v) is 5.14. The Hall–Kier alpha value is -0.830. The lowest BCUT2D eigenvalue weighted by Gasteiger charge is -2.14. The number of nitrogens with one attached hydrogen (secondary N) is 1. The molecule has 3 nitrogen and oxygen atoms in total. The predicted octanol–water partition coefficient (Wildman–Crippen LogP) is 1.11. The second-order valence-electron chi connectivity index (χ2n) is 3.45. The topological polar surface area (TPSA) is 29.9 Å². The average Bonchev–Trinajstić information content (AvgIpc) is 2.55. The van der Waals surface area contributed by atoms with Crippen LogP contribution in [0.2, 0.25) is 0 Å². The van der Waals surface area contributed by atoms with Crippen LogP contribution in [0.1, 0.15) is 31.1 Å². The molecular formula is C10H17N3. The van der Waals surface area contributed by atoms with Crippen LogP contribution in [0.4, 0.5) is 0 Å². The van der Waals surface area contributed by atoms with Gasteiger partial charge in [-0.2, -0.15) is 0 Å². The molecule has 0 aromatic carbocycles. The molecule has 13 heavy (non-hydrogen) atoms. The van der Waals surface area contributed by atoms with Crippen molar-refractivity contribution in [2.75, 3.05) is 6.54 Å². The number of aryl methyl sites for hydroxylation is 1. The smallest absolute Gasteiger partial charge is 0.108 e. The summed E-state index contributed by atoms with van der Waals surface area (Å²) in [4.78, 5) is 4.64. The molecule has 1 aromatic rings. The lowest BCUT2D eigenvalue weighted by atomic mass is 10.2. The van der Waals surface area contributed by atoms with Crippen LogP contribution < -0.4 is 5.32 Å². The summed E-state index contributed by atoms with van der Waals surface area (Å²) >= 11 is 0. The number of aromatic nitrogens is 2. The van der Waals surface area contributed by atoms with Crippen LogP contribution in [-0.4, -0.2) is 16.1 Å². The molecule has 0 saturated heterocycles. The van der Waals surface area contributed by atoms with Gasteiger partial charge < -0.3 is 9.88 Å². The molecule has 0 bridgehead atoms. The maximum absolute atomic E-state index is 4.64. The van der Waals surface area contributed by atoms with Crippen molar-refractivity contribution >= 4 is 0 Å². The Balaban J connectivity index is 2.44. The van der Waals surface area contributed by atoms with Crippen LogP contribution in [0, 0.1) is 0 Å². The van der Waals surface area contributed by atoms with Gasteiger partial charge in [-0.1, -0.05) is 6.92 Å². The van der Waals surface area contributed by atoms with Gasteiger partial charge in [0, 0.05) is 38.2 Å². The summed E-state index contributed by atoms with van der Waals surface area (Å²) in [6, 6.07) is 0. The zero-order chi connectivity index (χ0) is 9.26. The van der Waals surface area contributed by atoms with Crippen molar-refractivity contribution in [1.82, 2.24) is 14.9 Å². The van der Waals surface area contributed by atoms with Gasteiger partial charge in [0.25, 0.3) is 0 Å². The fraction of sp³-hybridized carbons (Fsp3) is 0.700. The van der Waals surface area contributed by atoms with E-state index in [-0.39, 0.29) is 0 Å². The first-order chi connectivity index (χ1) is 6.36. The maximum Gasteiger partial charge on any atom is 0.108 e. The maximum atomic E-state index is 4.64. The van der Waals surface area contributed by atoms with Crippen molar-refractivity contribution in [2.24, 2.45) is 0 Å². The van der Waals surface area contributed by atoms with Crippen molar-refractivity contribution in [2.45, 2.75) is 39.8 Å². The second kappa shape index (κ2) is 3.50. The van der Waals surface area contributed by atoms with E-state index >= 15 is 0 Å². The van der Waals surface area contributed by atoms with Crippen molar-refractivity contribution in [3.8, 4) is 0 Å². The molecule has 0 radical (unpaired) electrons. The first-order valence-electron chi connectivity index (χ1n) is 5.14. The molecule has 1 aliphatic rings. The molecule has 1 N–H and O–H groups in total. The van der Waals surface area contributed by atoms with Crippen LogP contribution >= 0.6 is 0 Å². The van der Waals surface area contributed by atoms with E-state index in [4.69, 9.17) is 0 Å². The Morgan fingerprint density at radius 3 is 3.00 bits per heavy atom. The molecule has 0 aliphatic carbocycles. The van der Waals surface area contributed by atoms with Crippen LogP contribution in [0.5, 0.6) is 0 Å². The Kier molecular flexibility index (Phi) is 2.36. The predicted molar refractivity (Wildman–Crippen MR) is 52.7 cm³/mol. The van der Waals surface area contributed by atoms with Gasteiger partial charge >= 0.3 is 0 Å². The van der Waals surface area contributed by atoms with E-state index in [1.54, 1.807) is 0 Å². The van der Waals surface area contributed by atoms with Gasteiger partial charge in [-0.3, -0.25) is 0 Å². The third-order valence-electron chi connectivity index (χ3n) is 2.70. The van der Waals surface area contributed by atoms with Crippen molar-refractivity contribution in [3.63, 3.8) is 0 Å². The highest BCUT2D eigenvalue weighted by molar-refractivity contribution is 5.20. The minimum absolute atomic E-state index is 0.954. The molecule has 0 fully saturated rings. The number of fused-ring (bicyclic) bond motifs is 1. The highest BCUT2D eigenvalue weighted by atomic mass is 15.1. The highest BCUT2D eigenvalue weighted by Gasteiger charge is 2.17. The zero-order valence-corrected chi connectivity index (χ0v) is 8.43. The van der Waals surface area contributed by atoms with Crippen molar-refractivity contribution in [1.29, 1.82) is 0 Å². The molecular weight excluding hydrogens is 162 g/mol. The van der Waals surface area contributed by atoms with E-state index in [1.165, 1.54) is 17.2 Å². The number of hydrogen-bond donors (Lipinski definition) is 1. The Morgan fingerprint density at radius 1 is 1.46 bits per heavy atom. The molecule has 3 heteroatoms. The Labute approximate surface area is 79.2 Å². The van der Waals surface area contributed by atoms with E-state index < -0.39 is 0 Å². The minimum atomic E-state index is 0.954. The van der Waals surface area contributed by atoms with Gasteiger partial charge in [0.15, 0.2) is 0 Å². The number of rotatable bonds is 2. The van der Waals surface area contributed by atoms with Gasteiger partial charge in [0.1, 0.15) is 5.82 Å². The molecule has 72 valence electrons. The van der Waals surface area contributed by atoms with Crippen LogP contribution in [0.3, 0.4) is 0 Å². The summed E-state index contributed by atoms with van der Waals surface area (Å²) in [5, 5.41) is 3.35. The second-order valence-corrected chi connectivity index (χ2v) is 3.45. The average molecular weight is 179 g/mol. The quantitative estimate of drug-likeness (QED) is 0.737. The van der Waals surface area contributed by atoms with Gasteiger partial charge in [0.2, 0.25) is 0 Å². The van der Waals surface area contributed by atoms with E-state index in [0.717, 1.165) is 32.5 Å². The summed E-state index contributed by atoms with van der Waals surface area (Å²) in [5.41, 5.74) is 2.73. The minimum Gasteiger partial charge on any atom is -0.332 e. The molecule has 0 spiro atoms. The molecule has 0 atom stereocenters. The summed E-state index contributed by atoms with van der Waals surface area (Å²) < 4.78 is 2.37. The van der Waals surface area contributed by atoms with Crippen LogP contribution in [-0.2, 0) is 25.9 Å². The lowest BCUT2D eigenvalue weighted by molar-refractivity contribution is 0.592. The van der Waals surface area contributed by atoms with E-state index in [0.29, 0.717) is 0 Å². The van der Waals surface area contributed by atoms with Gasteiger partial charge in [0.05, 0.1) is 5.69 Å². The van der Waals surface area contributed by atoms with E-state index in [9.17, 15) is 0 Å². The van der Waals surface area contributed by atoms with Gasteiger partial charge in [-0.05, 0) is 6.92 Å². The van der Waals surface area contributed by atoms with Gasteiger partial charge in [-0.15, -0.1) is 0 Å². The molecule has 2 heterocycles. The largest absolute Gasteiger partial charge is 0.332 e. The molecule has 1 aromatic heterocycles. The standard InChI is InChI=1S/C10H17N3/c1-3-10-12-8-7-11-6-5-9(8)13(10)4-2/h11H,3-7H2,1-2H3. The van der Waals surface area contributed by atoms with Crippen LogP contribution in [0.25, 0.3) is 0 Å². The van der Waals surface area contributed by atoms with E-state index in [2.05, 4.69) is 28.7 Å². The molecule has 0 amide bonds. The summed E-state index contributed by atoms with van der Waals surface area (Å²) in [6.45, 7) is 7.49. The lowest BCUT2D eigenvalue weighted by Crippen LogP contribution is -2.24. The van der Waals surface area contributed by atoms with Crippen LogP contribution in [0.15, 0.2) is 0 Å². The highest BCUT2D eigenvalue weighted by Crippen LogP contribution is 2.16. The molecule has 1 aliphatic heterocycles. The first kappa shape index (κ1) is 8.75. The summed E-state index contributed by atoms with van der Waals surface area (Å²) in [6.07, 6.45) is 2.18. The SMILES string of the molecule is CCc1nc2c(n1CC)CCNC2. The molecule has 2 rings (SSSR count). The third kappa shape index (κ3) is 1.37. The van der Waals surface area contributed by atoms with Crippen molar-refractivity contribution < 1.29 is 0 Å². The zero-order valence-electron chi connectivity index (χ0n) is 8.43. The number of nitrogens with zero attached hydrogens (tertiary/aromatic N) is 2. The fourth-order valence-corrected chi connectivity index (χ4v) is 2.07. The Bertz CT molecular complexity index is 291. The normalized spacial score (nSPS) is 15.8. The monoisotopic (exact) mass is 179 g/mol. The van der Waals surface area contributed by atoms with Crippen molar-refractivity contribution in [3.05, 3.63) is 17.2 Å². The molecule has 0 unspecified atom stereocenters. The summed E-state index contributed by atoms with van der Waals surface area (Å²) in [5.74, 6) is 1.25. The number of hydrogen-bond acceptors (Lipinski definition) is 2. The number of imidazole rings is 1. The summed E-state index contributed by atoms with van der Waals surface area (Å²) in [7, 11) is 0. The van der Waals surface area contributed by atoms with Gasteiger partial charge in [-0.25, -0.2) is 4.98 Å². The fourth-order valence-electron chi connectivity index (χ4n) is 2.07. The van der Waals surface area contributed by atoms with E-state index in [1.807, 2.05) is 0 Å². The third-order valence-corrected chi connectivity index (χ3v) is 2.70. The molecule has 0 saturated carbocycles.